The van der Waals surface area contributed by atoms with Crippen molar-refractivity contribution in [1.82, 2.24) is 20.8 Å². The topological polar surface area (TPSA) is 104 Å². The highest BCUT2D eigenvalue weighted by atomic mass is 16.4. The molecule has 2 rings (SSSR count). The first-order valence-corrected chi connectivity index (χ1v) is 6.57. The van der Waals surface area contributed by atoms with Crippen LogP contribution in [0.1, 0.15) is 31.9 Å². The van der Waals surface area contributed by atoms with Gasteiger partial charge in [0.1, 0.15) is 0 Å². The number of hydrogen-bond donors (Lipinski definition) is 3. The van der Waals surface area contributed by atoms with Crippen molar-refractivity contribution >= 4 is 12.0 Å². The quantitative estimate of drug-likeness (QED) is 0.759. The van der Waals surface area contributed by atoms with Crippen LogP contribution in [0.2, 0.25) is 0 Å². The van der Waals surface area contributed by atoms with Crippen molar-refractivity contribution in [3.05, 3.63) is 24.0 Å². The second-order valence-corrected chi connectivity index (χ2v) is 5.21. The summed E-state index contributed by atoms with van der Waals surface area (Å²) in [5.41, 5.74) is -0.237. The summed E-state index contributed by atoms with van der Waals surface area (Å²) in [7, 11) is 0. The highest BCUT2D eigenvalue weighted by molar-refractivity contribution is 5.79. The number of carboxylic acids is 1. The minimum absolute atomic E-state index is 0.260. The molecule has 2 amide bonds. The van der Waals surface area contributed by atoms with Gasteiger partial charge in [-0.25, -0.2) is 4.79 Å². The molecular weight excluding hydrogens is 260 g/mol. The molecular formula is C13H18N4O3. The molecule has 3 N–H and O–H groups in total. The number of carbonyl (C=O) groups is 2. The van der Waals surface area contributed by atoms with Gasteiger partial charge < -0.3 is 15.7 Å². The Kier molecular flexibility index (Phi) is 4.16. The number of aromatic nitrogens is 2. The van der Waals surface area contributed by atoms with Gasteiger partial charge in [-0.15, -0.1) is 0 Å². The van der Waals surface area contributed by atoms with Gasteiger partial charge in [0.25, 0.3) is 0 Å². The van der Waals surface area contributed by atoms with Crippen molar-refractivity contribution in [2.75, 3.05) is 0 Å². The number of carboxylic acid groups (broad SMARTS) is 1. The molecule has 1 aliphatic carbocycles. The fourth-order valence-corrected chi connectivity index (χ4v) is 2.46. The molecule has 7 nitrogen and oxygen atoms in total. The van der Waals surface area contributed by atoms with Crippen LogP contribution in [0.4, 0.5) is 4.79 Å². The van der Waals surface area contributed by atoms with Crippen molar-refractivity contribution < 1.29 is 14.7 Å². The average Bonchev–Trinajstić information content (AvgIpc) is 2.80. The van der Waals surface area contributed by atoms with E-state index in [0.29, 0.717) is 18.5 Å². The van der Waals surface area contributed by atoms with Crippen LogP contribution >= 0.6 is 0 Å². The zero-order valence-corrected chi connectivity index (χ0v) is 11.3. The maximum Gasteiger partial charge on any atom is 0.315 e. The minimum atomic E-state index is -0.885. The Morgan fingerprint density at radius 3 is 3.00 bits per heavy atom. The summed E-state index contributed by atoms with van der Waals surface area (Å²) in [4.78, 5) is 23.1. The highest BCUT2D eigenvalue weighted by Gasteiger charge is 2.45. The molecule has 1 heterocycles. The van der Waals surface area contributed by atoms with E-state index in [1.165, 1.54) is 0 Å². The van der Waals surface area contributed by atoms with Crippen LogP contribution in [-0.4, -0.2) is 33.3 Å². The lowest BCUT2D eigenvalue weighted by molar-refractivity contribution is -0.148. The Labute approximate surface area is 116 Å². The summed E-state index contributed by atoms with van der Waals surface area (Å²) in [6, 6.07) is 2.77. The number of nitrogens with one attached hydrogen (secondary N) is 2. The highest BCUT2D eigenvalue weighted by Crippen LogP contribution is 2.38. The van der Waals surface area contributed by atoms with Gasteiger partial charge in [0.15, 0.2) is 0 Å². The van der Waals surface area contributed by atoms with Gasteiger partial charge in [-0.1, -0.05) is 6.42 Å². The zero-order valence-electron chi connectivity index (χ0n) is 11.3. The van der Waals surface area contributed by atoms with E-state index in [1.54, 1.807) is 25.3 Å². The lowest BCUT2D eigenvalue weighted by Crippen LogP contribution is -2.50. The summed E-state index contributed by atoms with van der Waals surface area (Å²) < 4.78 is 0. The molecule has 7 heteroatoms. The SMILES string of the molecule is CC1(C(=O)O)CCCC1NC(=O)NCc1cccnn1. The summed E-state index contributed by atoms with van der Waals surface area (Å²) in [5.74, 6) is -0.866. The van der Waals surface area contributed by atoms with Crippen molar-refractivity contribution in [2.24, 2.45) is 5.41 Å². The first-order chi connectivity index (χ1) is 9.52. The predicted octanol–water partition coefficient (Wildman–Crippen LogP) is 0.919. The molecule has 0 radical (unpaired) electrons. The van der Waals surface area contributed by atoms with Crippen LogP contribution in [0.15, 0.2) is 18.3 Å². The first kappa shape index (κ1) is 14.2. The van der Waals surface area contributed by atoms with E-state index < -0.39 is 11.4 Å². The van der Waals surface area contributed by atoms with E-state index in [-0.39, 0.29) is 18.6 Å². The smallest absolute Gasteiger partial charge is 0.315 e. The molecule has 0 spiro atoms. The molecule has 1 aliphatic rings. The summed E-state index contributed by atoms with van der Waals surface area (Å²) >= 11 is 0. The van der Waals surface area contributed by atoms with E-state index in [9.17, 15) is 14.7 Å². The van der Waals surface area contributed by atoms with E-state index in [0.717, 1.165) is 6.42 Å². The van der Waals surface area contributed by atoms with Crippen molar-refractivity contribution in [1.29, 1.82) is 0 Å². The normalized spacial score (nSPS) is 25.1. The molecule has 0 bridgehead atoms. The predicted molar refractivity (Wildman–Crippen MR) is 70.8 cm³/mol. The molecule has 2 unspecified atom stereocenters. The number of hydrogen-bond acceptors (Lipinski definition) is 4. The minimum Gasteiger partial charge on any atom is -0.481 e. The third kappa shape index (κ3) is 3.04. The van der Waals surface area contributed by atoms with Gasteiger partial charge in [0.05, 0.1) is 17.7 Å². The largest absolute Gasteiger partial charge is 0.481 e. The molecule has 1 aromatic rings. The van der Waals surface area contributed by atoms with Crippen LogP contribution in [0.3, 0.4) is 0 Å². The average molecular weight is 278 g/mol. The molecule has 2 atom stereocenters. The fourth-order valence-electron chi connectivity index (χ4n) is 2.46. The molecule has 0 aromatic carbocycles. The number of rotatable bonds is 4. The Bertz CT molecular complexity index is 494. The number of carbonyl (C=O) groups excluding carboxylic acids is 1. The maximum absolute atomic E-state index is 11.8. The third-order valence-corrected chi connectivity index (χ3v) is 3.81. The van der Waals surface area contributed by atoms with Gasteiger partial charge >= 0.3 is 12.0 Å². The van der Waals surface area contributed by atoms with Gasteiger partial charge in [-0.3, -0.25) is 4.79 Å². The summed E-state index contributed by atoms with van der Waals surface area (Å²) in [6.07, 6.45) is 3.62. The van der Waals surface area contributed by atoms with Crippen molar-refractivity contribution in [2.45, 2.75) is 38.8 Å². The lowest BCUT2D eigenvalue weighted by atomic mass is 9.85. The lowest BCUT2D eigenvalue weighted by Gasteiger charge is -2.27. The van der Waals surface area contributed by atoms with Crippen LogP contribution in [-0.2, 0) is 11.3 Å². The van der Waals surface area contributed by atoms with E-state index >= 15 is 0 Å². The molecule has 108 valence electrons. The van der Waals surface area contributed by atoms with Gasteiger partial charge in [0.2, 0.25) is 0 Å². The number of urea groups is 1. The fraction of sp³-hybridized carbons (Fsp3) is 0.538. The summed E-state index contributed by atoms with van der Waals surface area (Å²) in [6.45, 7) is 1.94. The Hall–Kier alpha value is -2.18. The second-order valence-electron chi connectivity index (χ2n) is 5.21. The van der Waals surface area contributed by atoms with Gasteiger partial charge in [-0.05, 0) is 31.9 Å². The van der Waals surface area contributed by atoms with Crippen LogP contribution in [0.25, 0.3) is 0 Å². The van der Waals surface area contributed by atoms with Crippen LogP contribution < -0.4 is 10.6 Å². The van der Waals surface area contributed by atoms with Gasteiger partial charge in [0, 0.05) is 12.2 Å². The molecule has 20 heavy (non-hydrogen) atoms. The second kappa shape index (κ2) is 5.85. The zero-order chi connectivity index (χ0) is 14.6. The molecule has 1 saturated carbocycles. The standard InChI is InChI=1S/C13H18N4O3/c1-13(11(18)19)6-2-5-10(13)16-12(20)14-8-9-4-3-7-15-17-9/h3-4,7,10H,2,5-6,8H2,1H3,(H,18,19)(H2,14,16,20). The van der Waals surface area contributed by atoms with Crippen LogP contribution in [0, 0.1) is 5.41 Å². The van der Waals surface area contributed by atoms with Crippen LogP contribution in [0.5, 0.6) is 0 Å². The monoisotopic (exact) mass is 278 g/mol. The van der Waals surface area contributed by atoms with E-state index in [1.807, 2.05) is 0 Å². The van der Waals surface area contributed by atoms with Crippen molar-refractivity contribution in [3.8, 4) is 0 Å². The maximum atomic E-state index is 11.8. The number of nitrogens with zero attached hydrogens (tertiary/aromatic N) is 2. The Morgan fingerprint density at radius 1 is 1.55 bits per heavy atom. The Morgan fingerprint density at radius 2 is 2.35 bits per heavy atom. The Balaban J connectivity index is 1.87. The van der Waals surface area contributed by atoms with E-state index in [2.05, 4.69) is 20.8 Å². The molecule has 1 fully saturated rings. The number of amides is 2. The molecule has 1 aromatic heterocycles. The van der Waals surface area contributed by atoms with E-state index in [4.69, 9.17) is 0 Å². The van der Waals surface area contributed by atoms with Gasteiger partial charge in [-0.2, -0.15) is 10.2 Å². The number of aliphatic carboxylic acids is 1. The summed E-state index contributed by atoms with van der Waals surface area (Å²) in [5, 5.41) is 22.2. The molecule has 0 aliphatic heterocycles. The third-order valence-electron chi connectivity index (χ3n) is 3.81. The molecule has 0 saturated heterocycles. The van der Waals surface area contributed by atoms with Crippen molar-refractivity contribution in [3.63, 3.8) is 0 Å². The first-order valence-electron chi connectivity index (χ1n) is 6.57.